The number of hydroxylamine groups is 2. The van der Waals surface area contributed by atoms with Gasteiger partial charge in [-0.05, 0) is 86.9 Å². The van der Waals surface area contributed by atoms with Crippen molar-refractivity contribution in [3.05, 3.63) is 75.3 Å². The number of carbonyl (C=O) groups excluding carboxylic acids is 2. The molecule has 0 saturated carbocycles. The maximum absolute atomic E-state index is 13.5. The highest BCUT2D eigenvalue weighted by molar-refractivity contribution is 7.80. The Morgan fingerprint density at radius 3 is 2.60 bits per heavy atom. The van der Waals surface area contributed by atoms with E-state index in [4.69, 9.17) is 31.0 Å². The van der Waals surface area contributed by atoms with Gasteiger partial charge in [-0.3, -0.25) is 19.6 Å². The van der Waals surface area contributed by atoms with Crippen molar-refractivity contribution < 1.29 is 46.3 Å². The molecule has 0 radical (unpaired) electrons. The second-order valence-corrected chi connectivity index (χ2v) is 15.5. The number of amides is 2. The summed E-state index contributed by atoms with van der Waals surface area (Å²) >= 11 is 0.961. The van der Waals surface area contributed by atoms with E-state index >= 15 is 0 Å². The number of carbonyl (C=O) groups is 3. The van der Waals surface area contributed by atoms with Gasteiger partial charge in [0.2, 0.25) is 0 Å². The molecule has 1 fully saturated rings. The molecule has 282 valence electrons. The molecule has 9 N–H and O–H groups in total. The summed E-state index contributed by atoms with van der Waals surface area (Å²) in [7, 11) is -5.04. The standard InChI is InChI=1S/C33H38N8O10S2/c1-32(2)26(29(43)41(32)51-53(46,47)48)39-28(42)25(22-15-52-31(36)38-22)40-50-33(3,30(44)45)24-11-7-18-13-19(6-10-23(18)49-24)27(35)37-14-16-4-8-20-17(12-16)5-9-21(20)34/h4,6,8,10,12-13,15,21,24,26H,5,7,9,11,14,34H2,1-3H3,(H2,35,37)(H2,36,38)(H,39,42)(H,44,45)(H,46,47,48)/b40-25-/t21-,24-,26-,33+/m1/s1. The number of oxime groups is 1. The van der Waals surface area contributed by atoms with Crippen LogP contribution in [0.25, 0.3) is 0 Å². The summed E-state index contributed by atoms with van der Waals surface area (Å²) in [6.07, 6.45) is 1.32. The zero-order valence-electron chi connectivity index (χ0n) is 28.8. The Hall–Kier alpha value is -5.15. The van der Waals surface area contributed by atoms with Crippen molar-refractivity contribution in [2.24, 2.45) is 10.9 Å². The van der Waals surface area contributed by atoms with E-state index in [1.165, 1.54) is 37.3 Å². The lowest BCUT2D eigenvalue weighted by atomic mass is 9.84. The molecule has 2 aliphatic heterocycles. The van der Waals surface area contributed by atoms with Crippen molar-refractivity contribution in [2.75, 3.05) is 5.73 Å². The number of nitrogens with zero attached hydrogens (tertiary/aromatic N) is 3. The third kappa shape index (κ3) is 7.53. The van der Waals surface area contributed by atoms with Gasteiger partial charge >= 0.3 is 16.4 Å². The van der Waals surface area contributed by atoms with E-state index < -0.39 is 57.2 Å². The number of carboxylic acids is 1. The Morgan fingerprint density at radius 2 is 1.94 bits per heavy atom. The molecule has 0 bridgehead atoms. The molecule has 18 nitrogen and oxygen atoms in total. The minimum absolute atomic E-state index is 0.0533. The number of β-lactam (4-membered cyclic amide) rings is 1. The van der Waals surface area contributed by atoms with Crippen molar-refractivity contribution in [2.45, 2.75) is 82.3 Å². The molecular weight excluding hydrogens is 733 g/mol. The lowest BCUT2D eigenvalue weighted by molar-refractivity contribution is -0.218. The summed E-state index contributed by atoms with van der Waals surface area (Å²) in [4.78, 5) is 48.5. The van der Waals surface area contributed by atoms with Gasteiger partial charge in [0.15, 0.2) is 16.9 Å². The first kappa shape index (κ1) is 37.6. The van der Waals surface area contributed by atoms with Gasteiger partial charge in [-0.2, -0.15) is 13.5 Å². The van der Waals surface area contributed by atoms with Crippen molar-refractivity contribution in [3.63, 3.8) is 0 Å². The molecule has 3 heterocycles. The SMILES string of the molecule is CC1(C)[C@H](NC(=O)/C(=N\O[C@](C)(C(=O)O)[C@H]2CCc3cc(C(=N)NCc4ccc5c(c4)CC[C@H]5N)ccc3O2)c2csc(N)n2)C(=O)N1OS(=O)(=O)O. The van der Waals surface area contributed by atoms with E-state index in [1.54, 1.807) is 18.2 Å². The zero-order valence-corrected chi connectivity index (χ0v) is 30.4. The van der Waals surface area contributed by atoms with Crippen LogP contribution < -0.4 is 26.8 Å². The number of hydrogen-bond acceptors (Lipinski definition) is 14. The van der Waals surface area contributed by atoms with Crippen LogP contribution in [-0.2, 0) is 53.3 Å². The van der Waals surface area contributed by atoms with E-state index in [9.17, 15) is 27.9 Å². The number of fused-ring (bicyclic) bond motifs is 2. The number of nitrogen functional groups attached to an aromatic ring is 1. The summed E-state index contributed by atoms with van der Waals surface area (Å²) in [6, 6.07) is 10.0. The third-order valence-corrected chi connectivity index (χ3v) is 10.6. The maximum atomic E-state index is 13.5. The Kier molecular flexibility index (Phi) is 9.94. The van der Waals surface area contributed by atoms with E-state index in [2.05, 4.69) is 31.1 Å². The second kappa shape index (κ2) is 14.0. The smallest absolute Gasteiger partial charge is 0.418 e. The summed E-state index contributed by atoms with van der Waals surface area (Å²) in [5.41, 5.74) is 12.5. The van der Waals surface area contributed by atoms with Crippen molar-refractivity contribution >= 4 is 56.2 Å². The van der Waals surface area contributed by atoms with E-state index in [-0.39, 0.29) is 29.1 Å². The fraction of sp³-hybridized carbons (Fsp3) is 0.394. The lowest BCUT2D eigenvalue weighted by Gasteiger charge is -2.50. The number of aromatic nitrogens is 1. The van der Waals surface area contributed by atoms with Crippen LogP contribution in [0.2, 0.25) is 0 Å². The number of ether oxygens (including phenoxy) is 1. The summed E-state index contributed by atoms with van der Waals surface area (Å²) < 4.78 is 41.8. The van der Waals surface area contributed by atoms with Crippen LogP contribution in [0.1, 0.15) is 73.2 Å². The Morgan fingerprint density at radius 1 is 1.21 bits per heavy atom. The third-order valence-electron chi connectivity index (χ3n) is 9.56. The first-order chi connectivity index (χ1) is 24.9. The van der Waals surface area contributed by atoms with Crippen molar-refractivity contribution in [1.82, 2.24) is 20.7 Å². The number of nitrogens with one attached hydrogen (secondary N) is 3. The average Bonchev–Trinajstić information content (AvgIpc) is 3.71. The van der Waals surface area contributed by atoms with Crippen LogP contribution >= 0.6 is 11.3 Å². The molecule has 1 aliphatic carbocycles. The lowest BCUT2D eigenvalue weighted by Crippen LogP contribution is -2.76. The molecule has 53 heavy (non-hydrogen) atoms. The van der Waals surface area contributed by atoms with Gasteiger partial charge in [-0.15, -0.1) is 15.6 Å². The van der Waals surface area contributed by atoms with E-state index in [1.807, 2.05) is 12.1 Å². The van der Waals surface area contributed by atoms with Gasteiger partial charge in [0.05, 0.1) is 5.54 Å². The molecule has 1 aromatic heterocycles. The van der Waals surface area contributed by atoms with Gasteiger partial charge in [-0.25, -0.2) is 9.78 Å². The van der Waals surface area contributed by atoms with Crippen LogP contribution in [0, 0.1) is 5.41 Å². The second-order valence-electron chi connectivity index (χ2n) is 13.6. The topological polar surface area (TPSA) is 282 Å². The molecule has 3 aliphatic rings. The summed E-state index contributed by atoms with van der Waals surface area (Å²) in [5.74, 6) is -2.88. The molecule has 20 heteroatoms. The van der Waals surface area contributed by atoms with Crippen LogP contribution in [0.3, 0.4) is 0 Å². The first-order valence-corrected chi connectivity index (χ1v) is 18.6. The van der Waals surface area contributed by atoms with Gasteiger partial charge < -0.3 is 36.8 Å². The molecule has 4 atom stereocenters. The Balaban J connectivity index is 1.15. The fourth-order valence-corrected chi connectivity index (χ4v) is 7.44. The molecule has 2 aromatic carbocycles. The van der Waals surface area contributed by atoms with Gasteiger partial charge in [0, 0.05) is 23.5 Å². The number of hydrogen-bond donors (Lipinski definition) is 7. The molecule has 6 rings (SSSR count). The van der Waals surface area contributed by atoms with E-state index in [0.29, 0.717) is 29.3 Å². The maximum Gasteiger partial charge on any atom is 0.418 e. The number of carboxylic acid groups (broad SMARTS) is 1. The molecule has 0 spiro atoms. The monoisotopic (exact) mass is 770 g/mol. The van der Waals surface area contributed by atoms with Gasteiger partial charge in [0.1, 0.15) is 23.3 Å². The molecular formula is C33H38N8O10S2. The highest BCUT2D eigenvalue weighted by Gasteiger charge is 2.58. The number of rotatable bonds is 12. The number of aliphatic carboxylic acids is 1. The zero-order chi connectivity index (χ0) is 38.5. The number of aryl methyl sites for hydroxylation is 2. The Bertz CT molecular complexity index is 2140. The molecule has 2 amide bonds. The fourth-order valence-electron chi connectivity index (χ4n) is 6.43. The normalized spacial score (nSPS) is 21.7. The highest BCUT2D eigenvalue weighted by Crippen LogP contribution is 2.36. The predicted molar refractivity (Wildman–Crippen MR) is 190 cm³/mol. The van der Waals surface area contributed by atoms with Crippen molar-refractivity contribution in [3.8, 4) is 5.75 Å². The number of thiazole rings is 1. The van der Waals surface area contributed by atoms with E-state index in [0.717, 1.165) is 35.3 Å². The Labute approximate surface area is 307 Å². The number of amidine groups is 1. The molecule has 3 aromatic rings. The number of benzene rings is 2. The van der Waals surface area contributed by atoms with Gasteiger partial charge in [-0.1, -0.05) is 23.4 Å². The largest absolute Gasteiger partial charge is 0.485 e. The minimum atomic E-state index is -5.04. The van der Waals surface area contributed by atoms with Crippen LogP contribution in [0.15, 0.2) is 46.9 Å². The van der Waals surface area contributed by atoms with Gasteiger partial charge in [0.25, 0.3) is 17.4 Å². The summed E-state index contributed by atoms with van der Waals surface area (Å²) in [6.45, 7) is 4.43. The number of anilines is 1. The molecule has 0 unspecified atom stereocenters. The van der Waals surface area contributed by atoms with Crippen LogP contribution in [0.5, 0.6) is 5.75 Å². The van der Waals surface area contributed by atoms with Crippen LogP contribution in [-0.4, -0.2) is 80.7 Å². The first-order valence-electron chi connectivity index (χ1n) is 16.4. The number of nitrogens with two attached hydrogens (primary N) is 2. The van der Waals surface area contributed by atoms with Crippen LogP contribution in [0.4, 0.5) is 5.13 Å². The highest BCUT2D eigenvalue weighted by atomic mass is 32.3. The molecule has 1 saturated heterocycles. The van der Waals surface area contributed by atoms with Crippen molar-refractivity contribution in [1.29, 1.82) is 5.41 Å². The quantitative estimate of drug-likeness (QED) is 0.0453. The minimum Gasteiger partial charge on any atom is -0.485 e. The summed E-state index contributed by atoms with van der Waals surface area (Å²) in [5, 5.41) is 30.2. The average molecular weight is 771 g/mol. The predicted octanol–water partition coefficient (Wildman–Crippen LogP) is 1.58.